The first-order valence-corrected chi connectivity index (χ1v) is 6.15. The summed E-state index contributed by atoms with van der Waals surface area (Å²) in [5.41, 5.74) is 2.54. The van der Waals surface area contributed by atoms with E-state index < -0.39 is 0 Å². The van der Waals surface area contributed by atoms with Gasteiger partial charge in [0.1, 0.15) is 5.01 Å². The van der Waals surface area contributed by atoms with Crippen molar-refractivity contribution in [3.8, 4) is 0 Å². The van der Waals surface area contributed by atoms with Crippen molar-refractivity contribution in [2.75, 3.05) is 12.4 Å². The highest BCUT2D eigenvalue weighted by molar-refractivity contribution is 7.15. The molecule has 2 heterocycles. The van der Waals surface area contributed by atoms with E-state index in [1.807, 2.05) is 19.3 Å². The highest BCUT2D eigenvalue weighted by Gasteiger charge is 2.27. The van der Waals surface area contributed by atoms with Gasteiger partial charge in [0, 0.05) is 13.2 Å². The average molecular weight is 232 g/mol. The van der Waals surface area contributed by atoms with Crippen LogP contribution in [0.15, 0.2) is 18.3 Å². The number of hydrogen-bond acceptors (Lipinski definition) is 5. The normalized spacial score (nSPS) is 18.4. The summed E-state index contributed by atoms with van der Waals surface area (Å²) in [7, 11) is 1.87. The molecule has 0 bridgehead atoms. The third-order valence-electron chi connectivity index (χ3n) is 2.91. The van der Waals surface area contributed by atoms with Crippen LogP contribution in [0, 0.1) is 0 Å². The van der Waals surface area contributed by atoms with E-state index in [0.717, 1.165) is 23.0 Å². The molecule has 4 nitrogen and oxygen atoms in total. The Morgan fingerprint density at radius 1 is 1.44 bits per heavy atom. The highest BCUT2D eigenvalue weighted by atomic mass is 32.1. The largest absolute Gasteiger partial charge is 0.363 e. The van der Waals surface area contributed by atoms with Crippen LogP contribution in [0.1, 0.15) is 28.6 Å². The lowest BCUT2D eigenvalue weighted by Crippen LogP contribution is -1.97. The number of fused-ring (bicyclic) bond motifs is 1. The fourth-order valence-corrected chi connectivity index (χ4v) is 2.96. The van der Waals surface area contributed by atoms with Gasteiger partial charge in [0.05, 0.1) is 11.6 Å². The summed E-state index contributed by atoms with van der Waals surface area (Å²) in [6.45, 7) is 0. The van der Waals surface area contributed by atoms with Crippen molar-refractivity contribution in [2.45, 2.75) is 18.8 Å². The van der Waals surface area contributed by atoms with Crippen molar-refractivity contribution in [1.82, 2.24) is 15.2 Å². The lowest BCUT2D eigenvalue weighted by Gasteiger charge is -2.04. The third-order valence-corrected chi connectivity index (χ3v) is 3.97. The average Bonchev–Trinajstić information content (AvgIpc) is 2.94. The Labute approximate surface area is 97.8 Å². The van der Waals surface area contributed by atoms with Gasteiger partial charge >= 0.3 is 0 Å². The van der Waals surface area contributed by atoms with E-state index >= 15 is 0 Å². The number of hydrogen-bond donors (Lipinski definition) is 1. The van der Waals surface area contributed by atoms with Gasteiger partial charge in [-0.1, -0.05) is 17.4 Å². The second kappa shape index (κ2) is 3.83. The first-order valence-electron chi connectivity index (χ1n) is 5.33. The molecule has 0 aliphatic heterocycles. The van der Waals surface area contributed by atoms with Crippen LogP contribution in [-0.2, 0) is 6.42 Å². The zero-order valence-electron chi connectivity index (χ0n) is 8.97. The second-order valence-electron chi connectivity index (χ2n) is 3.83. The zero-order chi connectivity index (χ0) is 11.0. The molecule has 16 heavy (non-hydrogen) atoms. The summed E-state index contributed by atoms with van der Waals surface area (Å²) in [5, 5.41) is 13.3. The molecule has 1 aliphatic rings. The molecular weight excluding hydrogens is 220 g/mol. The van der Waals surface area contributed by atoms with Crippen LogP contribution in [0.3, 0.4) is 0 Å². The summed E-state index contributed by atoms with van der Waals surface area (Å²) in [5.74, 6) is 0.343. The van der Waals surface area contributed by atoms with Gasteiger partial charge in [0.2, 0.25) is 5.13 Å². The van der Waals surface area contributed by atoms with Gasteiger partial charge in [0.15, 0.2) is 0 Å². The molecule has 1 unspecified atom stereocenters. The van der Waals surface area contributed by atoms with Crippen molar-refractivity contribution in [3.05, 3.63) is 34.6 Å². The molecule has 0 aromatic carbocycles. The van der Waals surface area contributed by atoms with Crippen LogP contribution < -0.4 is 5.32 Å². The molecule has 0 amide bonds. The molecule has 1 atom stereocenters. The van der Waals surface area contributed by atoms with Gasteiger partial charge in [-0.05, 0) is 24.5 Å². The quantitative estimate of drug-likeness (QED) is 0.861. The molecule has 2 aromatic heterocycles. The lowest BCUT2D eigenvalue weighted by molar-refractivity contribution is 0.751. The van der Waals surface area contributed by atoms with Crippen LogP contribution in [0.4, 0.5) is 5.13 Å². The van der Waals surface area contributed by atoms with Gasteiger partial charge in [-0.3, -0.25) is 4.98 Å². The maximum absolute atomic E-state index is 4.47. The van der Waals surface area contributed by atoms with Crippen molar-refractivity contribution < 1.29 is 0 Å². The monoisotopic (exact) mass is 232 g/mol. The number of nitrogens with zero attached hydrogens (tertiary/aromatic N) is 3. The Hall–Kier alpha value is -1.49. The van der Waals surface area contributed by atoms with Crippen LogP contribution in [0.25, 0.3) is 0 Å². The number of aryl methyl sites for hydroxylation is 1. The molecular formula is C11H12N4S. The summed E-state index contributed by atoms with van der Waals surface area (Å²) in [6.07, 6.45) is 4.06. The standard InChI is InChI=1S/C11H12N4S/c1-12-11-15-14-10(16-11)8-5-4-7-3-2-6-13-9(7)8/h2-3,6,8H,4-5H2,1H3,(H,12,15). The first kappa shape index (κ1) is 9.72. The van der Waals surface area contributed by atoms with E-state index in [0.29, 0.717) is 5.92 Å². The molecule has 2 aromatic rings. The minimum Gasteiger partial charge on any atom is -0.363 e. The van der Waals surface area contributed by atoms with Crippen molar-refractivity contribution in [3.63, 3.8) is 0 Å². The predicted octanol–water partition coefficient (Wildman–Crippen LogP) is 2.05. The van der Waals surface area contributed by atoms with E-state index in [-0.39, 0.29) is 0 Å². The summed E-state index contributed by atoms with van der Waals surface area (Å²) in [4.78, 5) is 4.47. The van der Waals surface area contributed by atoms with Gasteiger partial charge in [-0.15, -0.1) is 10.2 Å². The molecule has 0 saturated carbocycles. The van der Waals surface area contributed by atoms with Crippen molar-refractivity contribution in [2.24, 2.45) is 0 Å². The SMILES string of the molecule is CNc1nnc(C2CCc3cccnc32)s1. The smallest absolute Gasteiger partial charge is 0.205 e. The van der Waals surface area contributed by atoms with E-state index in [1.165, 1.54) is 11.3 Å². The lowest BCUT2D eigenvalue weighted by atomic mass is 10.1. The van der Waals surface area contributed by atoms with Crippen LogP contribution in [0.2, 0.25) is 0 Å². The summed E-state index contributed by atoms with van der Waals surface area (Å²) < 4.78 is 0. The van der Waals surface area contributed by atoms with Crippen LogP contribution >= 0.6 is 11.3 Å². The van der Waals surface area contributed by atoms with E-state index in [2.05, 4.69) is 26.6 Å². The minimum absolute atomic E-state index is 0.343. The summed E-state index contributed by atoms with van der Waals surface area (Å²) in [6, 6.07) is 4.16. The molecule has 3 rings (SSSR count). The Morgan fingerprint density at radius 2 is 2.38 bits per heavy atom. The second-order valence-corrected chi connectivity index (χ2v) is 4.84. The fraction of sp³-hybridized carbons (Fsp3) is 0.364. The third kappa shape index (κ3) is 1.48. The molecule has 0 radical (unpaired) electrons. The molecule has 0 spiro atoms. The molecule has 0 saturated heterocycles. The summed E-state index contributed by atoms with van der Waals surface area (Å²) >= 11 is 1.62. The van der Waals surface area contributed by atoms with Gasteiger partial charge in [0.25, 0.3) is 0 Å². The molecule has 1 aliphatic carbocycles. The van der Waals surface area contributed by atoms with Gasteiger partial charge in [-0.25, -0.2) is 0 Å². The Kier molecular flexibility index (Phi) is 2.32. The maximum Gasteiger partial charge on any atom is 0.205 e. The Morgan fingerprint density at radius 3 is 3.19 bits per heavy atom. The number of rotatable bonds is 2. The van der Waals surface area contributed by atoms with E-state index in [1.54, 1.807) is 11.3 Å². The number of nitrogens with one attached hydrogen (secondary N) is 1. The van der Waals surface area contributed by atoms with Gasteiger partial charge in [-0.2, -0.15) is 0 Å². The molecule has 1 N–H and O–H groups in total. The first-order chi connectivity index (χ1) is 7.88. The molecule has 0 fully saturated rings. The maximum atomic E-state index is 4.47. The van der Waals surface area contributed by atoms with Crippen molar-refractivity contribution in [1.29, 1.82) is 0 Å². The number of aromatic nitrogens is 3. The molecule has 82 valence electrons. The minimum atomic E-state index is 0.343. The highest BCUT2D eigenvalue weighted by Crippen LogP contribution is 2.38. The predicted molar refractivity (Wildman–Crippen MR) is 63.9 cm³/mol. The van der Waals surface area contributed by atoms with Crippen molar-refractivity contribution >= 4 is 16.5 Å². The topological polar surface area (TPSA) is 50.7 Å². The number of pyridine rings is 1. The number of anilines is 1. The van der Waals surface area contributed by atoms with Gasteiger partial charge < -0.3 is 5.32 Å². The Bertz CT molecular complexity index is 508. The van der Waals surface area contributed by atoms with E-state index in [4.69, 9.17) is 0 Å². The fourth-order valence-electron chi connectivity index (χ4n) is 2.13. The van der Waals surface area contributed by atoms with Crippen LogP contribution in [0.5, 0.6) is 0 Å². The van der Waals surface area contributed by atoms with Crippen LogP contribution in [-0.4, -0.2) is 22.2 Å². The van der Waals surface area contributed by atoms with E-state index in [9.17, 15) is 0 Å². The Balaban J connectivity index is 1.98. The molecule has 5 heteroatoms. The zero-order valence-corrected chi connectivity index (χ0v) is 9.79.